The van der Waals surface area contributed by atoms with Crippen LogP contribution in [0.4, 0.5) is 0 Å². The van der Waals surface area contributed by atoms with E-state index in [0.29, 0.717) is 23.1 Å². The third-order valence-electron chi connectivity index (χ3n) is 5.08. The highest BCUT2D eigenvalue weighted by Gasteiger charge is 2.29. The number of imidazole rings is 1. The standard InChI is InChI=1S/C20H25Cl2N3O/c1-14(2)25(20(26)15-5-3-4-6-15)13-19-23-9-10-24(19)12-16-7-8-17(21)11-18(16)22/h7-11,14-15H,3-6,12-13H2,1-2H3. The average Bonchev–Trinajstić information content (AvgIpc) is 3.26. The van der Waals surface area contributed by atoms with Crippen molar-refractivity contribution in [3.8, 4) is 0 Å². The minimum atomic E-state index is 0.146. The molecule has 3 rings (SSSR count). The van der Waals surface area contributed by atoms with Crippen LogP contribution in [0.2, 0.25) is 10.0 Å². The second-order valence-corrected chi connectivity index (χ2v) is 8.09. The Morgan fingerprint density at radius 2 is 2.04 bits per heavy atom. The van der Waals surface area contributed by atoms with Crippen LogP contribution in [0.5, 0.6) is 0 Å². The molecule has 1 aliphatic rings. The smallest absolute Gasteiger partial charge is 0.226 e. The number of nitrogens with zero attached hydrogens (tertiary/aromatic N) is 3. The SMILES string of the molecule is CC(C)N(Cc1nccn1Cc1ccc(Cl)cc1Cl)C(=O)C1CCCC1. The number of carbonyl (C=O) groups excluding carboxylic acids is 1. The molecule has 1 aromatic heterocycles. The molecule has 1 aliphatic carbocycles. The molecule has 2 aromatic rings. The molecule has 0 spiro atoms. The highest BCUT2D eigenvalue weighted by Crippen LogP contribution is 2.28. The second kappa shape index (κ2) is 8.45. The van der Waals surface area contributed by atoms with E-state index >= 15 is 0 Å². The zero-order valence-electron chi connectivity index (χ0n) is 15.3. The minimum absolute atomic E-state index is 0.146. The van der Waals surface area contributed by atoms with E-state index in [1.807, 2.05) is 27.8 Å². The fourth-order valence-electron chi connectivity index (χ4n) is 3.54. The van der Waals surface area contributed by atoms with Gasteiger partial charge in [0.1, 0.15) is 5.82 Å². The van der Waals surface area contributed by atoms with Gasteiger partial charge >= 0.3 is 0 Å². The number of carbonyl (C=O) groups is 1. The minimum Gasteiger partial charge on any atom is -0.333 e. The summed E-state index contributed by atoms with van der Waals surface area (Å²) in [6.45, 7) is 5.26. The van der Waals surface area contributed by atoms with Crippen LogP contribution in [0, 0.1) is 5.92 Å². The first-order chi connectivity index (χ1) is 12.5. The summed E-state index contributed by atoms with van der Waals surface area (Å²) in [6, 6.07) is 5.66. The Bertz CT molecular complexity index is 766. The first-order valence-electron chi connectivity index (χ1n) is 9.20. The van der Waals surface area contributed by atoms with Crippen molar-refractivity contribution in [1.29, 1.82) is 0 Å². The molecular formula is C20H25Cl2N3O. The monoisotopic (exact) mass is 393 g/mol. The lowest BCUT2D eigenvalue weighted by Gasteiger charge is -2.29. The molecule has 0 unspecified atom stereocenters. The summed E-state index contributed by atoms with van der Waals surface area (Å²) in [5.41, 5.74) is 0.980. The number of hydrogen-bond donors (Lipinski definition) is 0. The molecule has 0 N–H and O–H groups in total. The van der Waals surface area contributed by atoms with E-state index in [0.717, 1.165) is 37.1 Å². The summed E-state index contributed by atoms with van der Waals surface area (Å²) in [6.07, 6.45) is 8.04. The predicted molar refractivity (Wildman–Crippen MR) is 105 cm³/mol. The number of rotatable bonds is 6. The average molecular weight is 394 g/mol. The van der Waals surface area contributed by atoms with Gasteiger partial charge in [0.05, 0.1) is 13.1 Å². The van der Waals surface area contributed by atoms with Gasteiger partial charge in [-0.25, -0.2) is 4.98 Å². The van der Waals surface area contributed by atoms with Crippen LogP contribution >= 0.6 is 23.2 Å². The Kier molecular flexibility index (Phi) is 6.25. The molecule has 0 aliphatic heterocycles. The maximum Gasteiger partial charge on any atom is 0.226 e. The molecule has 0 bridgehead atoms. The van der Waals surface area contributed by atoms with Crippen molar-refractivity contribution in [3.63, 3.8) is 0 Å². The summed E-state index contributed by atoms with van der Waals surface area (Å²) < 4.78 is 2.05. The molecule has 1 heterocycles. The van der Waals surface area contributed by atoms with E-state index in [9.17, 15) is 4.79 Å². The lowest BCUT2D eigenvalue weighted by molar-refractivity contribution is -0.137. The van der Waals surface area contributed by atoms with Crippen LogP contribution in [0.1, 0.15) is 50.9 Å². The second-order valence-electron chi connectivity index (χ2n) is 7.25. The molecule has 1 amide bonds. The normalized spacial score (nSPS) is 15.0. The van der Waals surface area contributed by atoms with Gasteiger partial charge in [0, 0.05) is 34.4 Å². The molecule has 0 radical (unpaired) electrons. The van der Waals surface area contributed by atoms with Gasteiger partial charge in [-0.05, 0) is 44.4 Å². The van der Waals surface area contributed by atoms with Gasteiger partial charge in [-0.2, -0.15) is 0 Å². The Balaban J connectivity index is 1.76. The van der Waals surface area contributed by atoms with E-state index in [2.05, 4.69) is 18.8 Å². The Morgan fingerprint density at radius 1 is 1.31 bits per heavy atom. The van der Waals surface area contributed by atoms with Crippen LogP contribution < -0.4 is 0 Å². The molecule has 6 heteroatoms. The van der Waals surface area contributed by atoms with Crippen molar-refractivity contribution in [2.45, 2.75) is 58.7 Å². The fraction of sp³-hybridized carbons (Fsp3) is 0.500. The fourth-order valence-corrected chi connectivity index (χ4v) is 4.01. The number of halogens is 2. The summed E-state index contributed by atoms with van der Waals surface area (Å²) in [7, 11) is 0. The van der Waals surface area contributed by atoms with Gasteiger partial charge < -0.3 is 9.47 Å². The largest absolute Gasteiger partial charge is 0.333 e. The van der Waals surface area contributed by atoms with Crippen molar-refractivity contribution in [3.05, 3.63) is 52.0 Å². The van der Waals surface area contributed by atoms with Crippen LogP contribution in [0.15, 0.2) is 30.6 Å². The zero-order valence-corrected chi connectivity index (χ0v) is 16.8. The highest BCUT2D eigenvalue weighted by molar-refractivity contribution is 6.35. The van der Waals surface area contributed by atoms with Crippen LogP contribution in [0.25, 0.3) is 0 Å². The van der Waals surface area contributed by atoms with Gasteiger partial charge in [0.25, 0.3) is 0 Å². The molecule has 1 saturated carbocycles. The lowest BCUT2D eigenvalue weighted by atomic mass is 10.1. The maximum absolute atomic E-state index is 12.9. The van der Waals surface area contributed by atoms with E-state index in [1.54, 1.807) is 12.3 Å². The maximum atomic E-state index is 12.9. The van der Waals surface area contributed by atoms with Crippen molar-refractivity contribution >= 4 is 29.1 Å². The quantitative estimate of drug-likeness (QED) is 0.678. The van der Waals surface area contributed by atoms with Gasteiger partial charge in [-0.3, -0.25) is 4.79 Å². The number of aromatic nitrogens is 2. The first-order valence-corrected chi connectivity index (χ1v) is 9.95. The van der Waals surface area contributed by atoms with Crippen LogP contribution in [0.3, 0.4) is 0 Å². The third kappa shape index (κ3) is 4.41. The van der Waals surface area contributed by atoms with Crippen LogP contribution in [-0.2, 0) is 17.9 Å². The van der Waals surface area contributed by atoms with Gasteiger partial charge in [-0.1, -0.05) is 42.1 Å². The molecule has 0 saturated heterocycles. The van der Waals surface area contributed by atoms with Gasteiger partial charge in [-0.15, -0.1) is 0 Å². The number of hydrogen-bond acceptors (Lipinski definition) is 2. The van der Waals surface area contributed by atoms with Crippen LogP contribution in [-0.4, -0.2) is 26.4 Å². The predicted octanol–water partition coefficient (Wildman–Crippen LogP) is 5.17. The van der Waals surface area contributed by atoms with Crippen molar-refractivity contribution < 1.29 is 4.79 Å². The third-order valence-corrected chi connectivity index (χ3v) is 5.67. The zero-order chi connectivity index (χ0) is 18.7. The molecule has 26 heavy (non-hydrogen) atoms. The molecule has 0 atom stereocenters. The van der Waals surface area contributed by atoms with Gasteiger partial charge in [0.2, 0.25) is 5.91 Å². The number of amides is 1. The molecule has 1 aromatic carbocycles. The summed E-state index contributed by atoms with van der Waals surface area (Å²) in [4.78, 5) is 19.4. The Morgan fingerprint density at radius 3 is 2.69 bits per heavy atom. The van der Waals surface area contributed by atoms with Crippen molar-refractivity contribution in [2.75, 3.05) is 0 Å². The summed E-state index contributed by atoms with van der Waals surface area (Å²) in [5.74, 6) is 1.30. The molecule has 4 nitrogen and oxygen atoms in total. The van der Waals surface area contributed by atoms with E-state index < -0.39 is 0 Å². The highest BCUT2D eigenvalue weighted by atomic mass is 35.5. The number of benzene rings is 1. The van der Waals surface area contributed by atoms with Crippen molar-refractivity contribution in [1.82, 2.24) is 14.5 Å². The first kappa shape index (κ1) is 19.2. The summed E-state index contributed by atoms with van der Waals surface area (Å²) >= 11 is 12.3. The Hall–Kier alpha value is -1.52. The molecular weight excluding hydrogens is 369 g/mol. The van der Waals surface area contributed by atoms with E-state index in [-0.39, 0.29) is 17.9 Å². The topological polar surface area (TPSA) is 38.1 Å². The molecule has 1 fully saturated rings. The lowest BCUT2D eigenvalue weighted by Crippen LogP contribution is -2.40. The van der Waals surface area contributed by atoms with Gasteiger partial charge in [0.15, 0.2) is 0 Å². The molecule has 140 valence electrons. The van der Waals surface area contributed by atoms with E-state index in [1.165, 1.54) is 0 Å². The van der Waals surface area contributed by atoms with Crippen molar-refractivity contribution in [2.24, 2.45) is 5.92 Å². The Labute approximate surface area is 165 Å². The van der Waals surface area contributed by atoms with E-state index in [4.69, 9.17) is 23.2 Å². The summed E-state index contributed by atoms with van der Waals surface area (Å²) in [5, 5.41) is 1.26.